The van der Waals surface area contributed by atoms with Crippen LogP contribution in [0.25, 0.3) is 11.1 Å². The number of phenolic OH excluding ortho intramolecular Hbond substituents is 1. The Morgan fingerprint density at radius 2 is 1.65 bits per heavy atom. The second-order valence-corrected chi connectivity index (χ2v) is 5.31. The van der Waals surface area contributed by atoms with E-state index < -0.39 is 0 Å². The molecule has 0 radical (unpaired) electrons. The van der Waals surface area contributed by atoms with Gasteiger partial charge < -0.3 is 5.11 Å². The molecule has 1 N–H and O–H groups in total. The zero-order chi connectivity index (χ0) is 14.5. The Bertz CT molecular complexity index is 605. The minimum absolute atomic E-state index is 0.424. The van der Waals surface area contributed by atoms with Crippen LogP contribution in [0, 0.1) is 0 Å². The van der Waals surface area contributed by atoms with Gasteiger partial charge in [0.15, 0.2) is 0 Å². The Morgan fingerprint density at radius 1 is 1.00 bits per heavy atom. The second kappa shape index (κ2) is 6.42. The summed E-state index contributed by atoms with van der Waals surface area (Å²) >= 11 is 0. The molecule has 0 unspecified atom stereocenters. The lowest BCUT2D eigenvalue weighted by atomic mass is 9.93. The van der Waals surface area contributed by atoms with E-state index >= 15 is 0 Å². The molecule has 0 atom stereocenters. The maximum Gasteiger partial charge on any atom is 0.127 e. The van der Waals surface area contributed by atoms with Gasteiger partial charge in [-0.25, -0.2) is 0 Å². The minimum Gasteiger partial charge on any atom is -0.507 e. The monoisotopic (exact) mass is 266 g/mol. The lowest BCUT2D eigenvalue weighted by Crippen LogP contribution is -1.93. The van der Waals surface area contributed by atoms with Gasteiger partial charge in [-0.1, -0.05) is 61.0 Å². The standard InChI is InChI=1S/C19H22O/c1-4-15-12-13-17(11-10-14(2)3)19(20)18(15)16-8-6-5-7-9-16/h5-10,12-13,20H,4,11H2,1-3H3. The number of aromatic hydroxyl groups is 1. The predicted molar refractivity (Wildman–Crippen MR) is 86.1 cm³/mol. The first-order valence-electron chi connectivity index (χ1n) is 7.16. The molecule has 1 nitrogen and oxygen atoms in total. The van der Waals surface area contributed by atoms with Crippen molar-refractivity contribution in [2.24, 2.45) is 0 Å². The van der Waals surface area contributed by atoms with Crippen LogP contribution in [0.3, 0.4) is 0 Å². The zero-order valence-corrected chi connectivity index (χ0v) is 12.5. The van der Waals surface area contributed by atoms with E-state index in [9.17, 15) is 5.11 Å². The van der Waals surface area contributed by atoms with Crippen molar-refractivity contribution in [1.29, 1.82) is 0 Å². The van der Waals surface area contributed by atoms with Crippen molar-refractivity contribution >= 4 is 0 Å². The van der Waals surface area contributed by atoms with Crippen LogP contribution in [0.5, 0.6) is 5.75 Å². The Kier molecular flexibility index (Phi) is 4.62. The van der Waals surface area contributed by atoms with Crippen LogP contribution < -0.4 is 0 Å². The summed E-state index contributed by atoms with van der Waals surface area (Å²) in [6.45, 7) is 6.28. The van der Waals surface area contributed by atoms with E-state index in [1.54, 1.807) is 0 Å². The molecular formula is C19H22O. The highest BCUT2D eigenvalue weighted by Gasteiger charge is 2.12. The Morgan fingerprint density at radius 3 is 2.25 bits per heavy atom. The van der Waals surface area contributed by atoms with E-state index in [-0.39, 0.29) is 0 Å². The van der Waals surface area contributed by atoms with Crippen LogP contribution in [-0.2, 0) is 12.8 Å². The molecule has 20 heavy (non-hydrogen) atoms. The molecule has 104 valence electrons. The first-order chi connectivity index (χ1) is 9.63. The third-order valence-corrected chi connectivity index (χ3v) is 3.52. The van der Waals surface area contributed by atoms with Crippen LogP contribution in [0.2, 0.25) is 0 Å². The van der Waals surface area contributed by atoms with E-state index in [0.29, 0.717) is 5.75 Å². The van der Waals surface area contributed by atoms with Gasteiger partial charge in [-0.15, -0.1) is 0 Å². The van der Waals surface area contributed by atoms with Gasteiger partial charge in [0.1, 0.15) is 5.75 Å². The molecule has 2 aromatic carbocycles. The molecule has 2 aromatic rings. The van der Waals surface area contributed by atoms with Crippen LogP contribution in [0.15, 0.2) is 54.1 Å². The summed E-state index contributed by atoms with van der Waals surface area (Å²) in [5.41, 5.74) is 5.51. The molecule has 0 aromatic heterocycles. The molecule has 0 heterocycles. The molecule has 0 saturated heterocycles. The molecule has 0 saturated carbocycles. The van der Waals surface area contributed by atoms with Crippen molar-refractivity contribution < 1.29 is 5.11 Å². The Balaban J connectivity index is 2.53. The van der Waals surface area contributed by atoms with E-state index in [4.69, 9.17) is 0 Å². The maximum absolute atomic E-state index is 10.6. The number of allylic oxidation sites excluding steroid dienone is 2. The van der Waals surface area contributed by atoms with Gasteiger partial charge in [-0.05, 0) is 43.4 Å². The molecule has 1 heteroatoms. The Hall–Kier alpha value is -2.02. The summed E-state index contributed by atoms with van der Waals surface area (Å²) in [6, 6.07) is 14.3. The van der Waals surface area contributed by atoms with E-state index in [2.05, 4.69) is 45.0 Å². The first kappa shape index (κ1) is 14.4. The van der Waals surface area contributed by atoms with Gasteiger partial charge >= 0.3 is 0 Å². The van der Waals surface area contributed by atoms with Crippen LogP contribution in [0.4, 0.5) is 0 Å². The summed E-state index contributed by atoms with van der Waals surface area (Å²) in [5, 5.41) is 10.6. The smallest absolute Gasteiger partial charge is 0.127 e. The SMILES string of the molecule is CCc1ccc(CC=C(C)C)c(O)c1-c1ccccc1. The number of hydrogen-bond donors (Lipinski definition) is 1. The van der Waals surface area contributed by atoms with Crippen LogP contribution >= 0.6 is 0 Å². The van der Waals surface area contributed by atoms with Gasteiger partial charge in [0, 0.05) is 5.56 Å². The number of phenols is 1. The molecule has 0 aliphatic carbocycles. The van der Waals surface area contributed by atoms with Gasteiger partial charge in [0.2, 0.25) is 0 Å². The summed E-state index contributed by atoms with van der Waals surface area (Å²) < 4.78 is 0. The summed E-state index contributed by atoms with van der Waals surface area (Å²) in [7, 11) is 0. The average molecular weight is 266 g/mol. The van der Waals surface area contributed by atoms with Gasteiger partial charge in [0.25, 0.3) is 0 Å². The van der Waals surface area contributed by atoms with Gasteiger partial charge in [-0.3, -0.25) is 0 Å². The Labute approximate surface area is 121 Å². The van der Waals surface area contributed by atoms with Gasteiger partial charge in [0.05, 0.1) is 0 Å². The fourth-order valence-electron chi connectivity index (χ4n) is 2.38. The lowest BCUT2D eigenvalue weighted by molar-refractivity contribution is 0.471. The number of benzene rings is 2. The van der Waals surface area contributed by atoms with Crippen molar-refractivity contribution in [3.05, 3.63) is 65.2 Å². The number of aryl methyl sites for hydroxylation is 1. The minimum atomic E-state index is 0.424. The summed E-state index contributed by atoms with van der Waals surface area (Å²) in [4.78, 5) is 0. The van der Waals surface area contributed by atoms with E-state index in [1.807, 2.05) is 24.3 Å². The molecule has 0 spiro atoms. The molecule has 0 aliphatic heterocycles. The number of hydrogen-bond acceptors (Lipinski definition) is 1. The molecule has 0 amide bonds. The van der Waals surface area contributed by atoms with Crippen LogP contribution in [-0.4, -0.2) is 5.11 Å². The molecular weight excluding hydrogens is 244 g/mol. The fourth-order valence-corrected chi connectivity index (χ4v) is 2.38. The zero-order valence-electron chi connectivity index (χ0n) is 12.5. The number of rotatable bonds is 4. The van der Waals surface area contributed by atoms with Gasteiger partial charge in [-0.2, -0.15) is 0 Å². The van der Waals surface area contributed by atoms with Crippen molar-refractivity contribution in [3.8, 4) is 16.9 Å². The topological polar surface area (TPSA) is 20.2 Å². The highest BCUT2D eigenvalue weighted by atomic mass is 16.3. The molecule has 0 bridgehead atoms. The molecule has 0 fully saturated rings. The third kappa shape index (κ3) is 3.11. The van der Waals surface area contributed by atoms with Crippen molar-refractivity contribution in [2.75, 3.05) is 0 Å². The highest BCUT2D eigenvalue weighted by Crippen LogP contribution is 2.36. The first-order valence-corrected chi connectivity index (χ1v) is 7.16. The second-order valence-electron chi connectivity index (χ2n) is 5.31. The normalized spacial score (nSPS) is 10.3. The van der Waals surface area contributed by atoms with Crippen LogP contribution in [0.1, 0.15) is 31.9 Å². The molecule has 2 rings (SSSR count). The summed E-state index contributed by atoms with van der Waals surface area (Å²) in [6.07, 6.45) is 3.84. The highest BCUT2D eigenvalue weighted by molar-refractivity contribution is 5.75. The van der Waals surface area contributed by atoms with Crippen molar-refractivity contribution in [1.82, 2.24) is 0 Å². The third-order valence-electron chi connectivity index (χ3n) is 3.52. The van der Waals surface area contributed by atoms with Crippen molar-refractivity contribution in [3.63, 3.8) is 0 Å². The maximum atomic E-state index is 10.6. The quantitative estimate of drug-likeness (QED) is 0.760. The lowest BCUT2D eigenvalue weighted by Gasteiger charge is -2.14. The summed E-state index contributed by atoms with van der Waals surface area (Å²) in [5.74, 6) is 0.424. The largest absolute Gasteiger partial charge is 0.507 e. The molecule has 0 aliphatic rings. The van der Waals surface area contributed by atoms with E-state index in [1.165, 1.54) is 11.1 Å². The van der Waals surface area contributed by atoms with E-state index in [0.717, 1.165) is 29.5 Å². The average Bonchev–Trinajstić information content (AvgIpc) is 2.46. The fraction of sp³-hybridized carbons (Fsp3) is 0.263. The van der Waals surface area contributed by atoms with Crippen molar-refractivity contribution in [2.45, 2.75) is 33.6 Å². The predicted octanol–water partition coefficient (Wildman–Crippen LogP) is 5.13.